The molecule has 0 saturated carbocycles. The van der Waals surface area contributed by atoms with E-state index in [2.05, 4.69) is 10.3 Å². The molecule has 0 aliphatic heterocycles. The number of carboxylic acid groups (broad SMARTS) is 1. The van der Waals surface area contributed by atoms with Crippen LogP contribution in [0.25, 0.3) is 0 Å². The van der Waals surface area contributed by atoms with Crippen molar-refractivity contribution in [1.29, 1.82) is 0 Å². The van der Waals surface area contributed by atoms with Gasteiger partial charge in [0.25, 0.3) is 0 Å². The van der Waals surface area contributed by atoms with Crippen LogP contribution in [0.1, 0.15) is 17.3 Å². The Kier molecular flexibility index (Phi) is 4.56. The summed E-state index contributed by atoms with van der Waals surface area (Å²) in [5.74, 6) is -1.89. The van der Waals surface area contributed by atoms with Gasteiger partial charge in [-0.3, -0.25) is 4.21 Å². The number of aromatic carboxylic acids is 1. The first-order valence-electron chi connectivity index (χ1n) is 4.86. The third-order valence-electron chi connectivity index (χ3n) is 2.21. The van der Waals surface area contributed by atoms with Crippen molar-refractivity contribution in [3.63, 3.8) is 0 Å². The van der Waals surface area contributed by atoms with E-state index in [1.807, 2.05) is 0 Å². The summed E-state index contributed by atoms with van der Waals surface area (Å²) < 4.78 is 23.9. The van der Waals surface area contributed by atoms with Gasteiger partial charge in [-0.15, -0.1) is 0 Å². The molecule has 0 aromatic carbocycles. The normalized spacial score (nSPS) is 14.1. The number of rotatable bonds is 5. The fourth-order valence-corrected chi connectivity index (χ4v) is 1.42. The van der Waals surface area contributed by atoms with Crippen LogP contribution in [0.2, 0.25) is 0 Å². The second kappa shape index (κ2) is 5.72. The number of pyridine rings is 1. The van der Waals surface area contributed by atoms with Gasteiger partial charge in [0.2, 0.25) is 0 Å². The number of nitrogens with zero attached hydrogens (tertiary/aromatic N) is 1. The minimum atomic E-state index is -1.26. The van der Waals surface area contributed by atoms with Gasteiger partial charge in [-0.05, 0) is 13.0 Å². The molecular weight excluding hydrogens is 247 g/mol. The van der Waals surface area contributed by atoms with Crippen molar-refractivity contribution in [2.45, 2.75) is 12.2 Å². The van der Waals surface area contributed by atoms with Gasteiger partial charge in [-0.25, -0.2) is 14.2 Å². The first kappa shape index (κ1) is 13.6. The predicted octanol–water partition coefficient (Wildman–Crippen LogP) is 1.10. The predicted molar refractivity (Wildman–Crippen MR) is 63.2 cm³/mol. The zero-order valence-corrected chi connectivity index (χ0v) is 10.3. The SMILES string of the molecule is CC(CNc1ncc(F)cc1C(=O)O)S(C)=O. The fraction of sp³-hybridized carbons (Fsp3) is 0.400. The maximum atomic E-state index is 12.8. The molecule has 0 amide bonds. The Hall–Kier alpha value is -1.50. The number of carboxylic acids is 1. The highest BCUT2D eigenvalue weighted by atomic mass is 32.2. The molecule has 2 unspecified atom stereocenters. The van der Waals surface area contributed by atoms with Gasteiger partial charge in [-0.2, -0.15) is 0 Å². The molecule has 0 saturated heterocycles. The molecule has 0 aliphatic rings. The van der Waals surface area contributed by atoms with Crippen LogP contribution >= 0.6 is 0 Å². The standard InChI is InChI=1S/C10H13FN2O3S/c1-6(17(2)16)4-12-9-8(10(14)15)3-7(11)5-13-9/h3,5-6H,4H2,1-2H3,(H,12,13)(H,14,15). The highest BCUT2D eigenvalue weighted by Gasteiger charge is 2.14. The summed E-state index contributed by atoms with van der Waals surface area (Å²) in [6.45, 7) is 2.06. The van der Waals surface area contributed by atoms with E-state index in [-0.39, 0.29) is 16.6 Å². The molecule has 0 bridgehead atoms. The largest absolute Gasteiger partial charge is 0.478 e. The third kappa shape index (κ3) is 3.77. The maximum absolute atomic E-state index is 12.8. The van der Waals surface area contributed by atoms with Crippen LogP contribution in [-0.2, 0) is 10.8 Å². The number of carbonyl (C=O) groups is 1. The first-order chi connectivity index (χ1) is 7.91. The van der Waals surface area contributed by atoms with E-state index in [9.17, 15) is 13.4 Å². The zero-order valence-electron chi connectivity index (χ0n) is 9.44. The lowest BCUT2D eigenvalue weighted by atomic mass is 10.2. The number of anilines is 1. The highest BCUT2D eigenvalue weighted by molar-refractivity contribution is 7.84. The first-order valence-corrected chi connectivity index (χ1v) is 6.49. The Balaban J connectivity index is 2.84. The molecule has 0 spiro atoms. The molecule has 17 heavy (non-hydrogen) atoms. The van der Waals surface area contributed by atoms with Gasteiger partial charge in [0.05, 0.1) is 6.20 Å². The average molecular weight is 260 g/mol. The molecule has 94 valence electrons. The second-order valence-electron chi connectivity index (χ2n) is 3.54. The van der Waals surface area contributed by atoms with Crippen molar-refractivity contribution in [3.8, 4) is 0 Å². The van der Waals surface area contributed by atoms with Crippen LogP contribution in [0.3, 0.4) is 0 Å². The molecule has 2 N–H and O–H groups in total. The molecule has 1 heterocycles. The van der Waals surface area contributed by atoms with Crippen molar-refractivity contribution in [2.75, 3.05) is 18.1 Å². The number of aromatic nitrogens is 1. The van der Waals surface area contributed by atoms with E-state index in [0.717, 1.165) is 12.3 Å². The lowest BCUT2D eigenvalue weighted by molar-refractivity contribution is 0.0697. The monoisotopic (exact) mass is 260 g/mol. The molecule has 0 fully saturated rings. The van der Waals surface area contributed by atoms with Crippen molar-refractivity contribution in [1.82, 2.24) is 4.98 Å². The van der Waals surface area contributed by atoms with E-state index in [0.29, 0.717) is 6.54 Å². The highest BCUT2D eigenvalue weighted by Crippen LogP contribution is 2.13. The van der Waals surface area contributed by atoms with Crippen molar-refractivity contribution < 1.29 is 18.5 Å². The van der Waals surface area contributed by atoms with Gasteiger partial charge in [-0.1, -0.05) is 0 Å². The van der Waals surface area contributed by atoms with Gasteiger partial charge in [0.1, 0.15) is 17.2 Å². The lowest BCUT2D eigenvalue weighted by Crippen LogP contribution is -2.22. The van der Waals surface area contributed by atoms with Gasteiger partial charge in [0, 0.05) is 28.9 Å². The van der Waals surface area contributed by atoms with Crippen molar-refractivity contribution in [2.24, 2.45) is 0 Å². The maximum Gasteiger partial charge on any atom is 0.339 e. The molecule has 5 nitrogen and oxygen atoms in total. The molecule has 1 aromatic heterocycles. The summed E-state index contributed by atoms with van der Waals surface area (Å²) in [4.78, 5) is 14.5. The van der Waals surface area contributed by atoms with Crippen LogP contribution < -0.4 is 5.32 Å². The molecule has 1 aromatic rings. The third-order valence-corrected chi connectivity index (χ3v) is 3.51. The minimum absolute atomic E-state index is 0.0798. The van der Waals surface area contributed by atoms with Crippen molar-refractivity contribution >= 4 is 22.6 Å². The number of nitrogens with one attached hydrogen (secondary N) is 1. The summed E-state index contributed by atoms with van der Waals surface area (Å²) in [6, 6.07) is 0.894. The Morgan fingerprint density at radius 2 is 2.35 bits per heavy atom. The van der Waals surface area contributed by atoms with Gasteiger partial charge < -0.3 is 10.4 Å². The zero-order chi connectivity index (χ0) is 13.0. The molecule has 7 heteroatoms. The van der Waals surface area contributed by atoms with Crippen LogP contribution in [0.4, 0.5) is 10.2 Å². The van der Waals surface area contributed by atoms with Crippen LogP contribution in [0, 0.1) is 5.82 Å². The molecule has 2 atom stereocenters. The minimum Gasteiger partial charge on any atom is -0.478 e. The van der Waals surface area contributed by atoms with Crippen LogP contribution in [-0.4, -0.2) is 38.3 Å². The number of hydrogen-bond donors (Lipinski definition) is 2. The second-order valence-corrected chi connectivity index (χ2v) is 5.35. The summed E-state index contributed by atoms with van der Waals surface area (Å²) in [7, 11) is -1.02. The molecular formula is C10H13FN2O3S. The number of halogens is 1. The van der Waals surface area contributed by atoms with E-state index < -0.39 is 22.6 Å². The Morgan fingerprint density at radius 1 is 1.71 bits per heavy atom. The van der Waals surface area contributed by atoms with Crippen LogP contribution in [0.15, 0.2) is 12.3 Å². The fourth-order valence-electron chi connectivity index (χ4n) is 1.10. The van der Waals surface area contributed by atoms with E-state index in [1.165, 1.54) is 0 Å². The number of hydrogen-bond acceptors (Lipinski definition) is 4. The van der Waals surface area contributed by atoms with E-state index in [4.69, 9.17) is 5.11 Å². The lowest BCUT2D eigenvalue weighted by Gasteiger charge is -2.12. The van der Waals surface area contributed by atoms with Crippen molar-refractivity contribution in [3.05, 3.63) is 23.6 Å². The summed E-state index contributed by atoms with van der Waals surface area (Å²) >= 11 is 0. The smallest absolute Gasteiger partial charge is 0.339 e. The quantitative estimate of drug-likeness (QED) is 0.828. The van der Waals surface area contributed by atoms with E-state index >= 15 is 0 Å². The Morgan fingerprint density at radius 3 is 2.88 bits per heavy atom. The molecule has 0 radical (unpaired) electrons. The summed E-state index contributed by atoms with van der Waals surface area (Å²) in [5, 5.41) is 11.5. The Labute approximate surface area is 101 Å². The van der Waals surface area contributed by atoms with Gasteiger partial charge in [0.15, 0.2) is 0 Å². The summed E-state index contributed by atoms with van der Waals surface area (Å²) in [5.41, 5.74) is -0.237. The average Bonchev–Trinajstić information content (AvgIpc) is 2.26. The van der Waals surface area contributed by atoms with Crippen LogP contribution in [0.5, 0.6) is 0 Å². The van der Waals surface area contributed by atoms with Gasteiger partial charge >= 0.3 is 5.97 Å². The summed E-state index contributed by atoms with van der Waals surface area (Å²) in [6.07, 6.45) is 2.49. The molecule has 1 rings (SSSR count). The topological polar surface area (TPSA) is 79.3 Å². The molecule has 0 aliphatic carbocycles. The van der Waals surface area contributed by atoms with E-state index in [1.54, 1.807) is 13.2 Å². The Bertz CT molecular complexity index is 453.